The van der Waals surface area contributed by atoms with E-state index in [4.69, 9.17) is 11.6 Å². The van der Waals surface area contributed by atoms with Crippen LogP contribution in [0.2, 0.25) is 5.02 Å². The highest BCUT2D eigenvalue weighted by Gasteiger charge is 2.23. The van der Waals surface area contributed by atoms with Crippen molar-refractivity contribution < 1.29 is 9.59 Å². The molecule has 2 N–H and O–H groups in total. The average Bonchev–Trinajstić information content (AvgIpc) is 3.46. The number of hydrogen-bond donors (Lipinski definition) is 2. The molecule has 0 radical (unpaired) electrons. The van der Waals surface area contributed by atoms with E-state index in [0.29, 0.717) is 26.5 Å². The van der Waals surface area contributed by atoms with E-state index in [9.17, 15) is 9.59 Å². The maximum Gasteiger partial charge on any atom is 0.262 e. The van der Waals surface area contributed by atoms with Crippen LogP contribution in [0, 0.1) is 0 Å². The average molecular weight is 469 g/mol. The molecule has 1 atom stereocenters. The molecule has 0 aliphatic rings. The SMILES string of the molecule is O=C(NC(Cc1ccccc1)C(=O)Nc1nnc(-c2cccc(Cl)c2)s1)c1cccs1. The normalized spacial score (nSPS) is 11.6. The van der Waals surface area contributed by atoms with Gasteiger partial charge in [0.25, 0.3) is 5.91 Å². The number of hydrogen-bond acceptors (Lipinski definition) is 6. The highest BCUT2D eigenvalue weighted by Crippen LogP contribution is 2.28. The molecule has 4 aromatic rings. The molecular weight excluding hydrogens is 452 g/mol. The zero-order chi connectivity index (χ0) is 21.6. The second-order valence-electron chi connectivity index (χ2n) is 6.61. The van der Waals surface area contributed by atoms with Crippen LogP contribution in [0.4, 0.5) is 5.13 Å². The van der Waals surface area contributed by atoms with E-state index in [-0.39, 0.29) is 11.8 Å². The zero-order valence-electron chi connectivity index (χ0n) is 16.1. The lowest BCUT2D eigenvalue weighted by molar-refractivity contribution is -0.118. The number of thiophene rings is 1. The number of halogens is 1. The summed E-state index contributed by atoms with van der Waals surface area (Å²) < 4.78 is 0. The lowest BCUT2D eigenvalue weighted by Gasteiger charge is -2.17. The molecule has 0 spiro atoms. The van der Waals surface area contributed by atoms with Crippen LogP contribution in [0.25, 0.3) is 10.6 Å². The van der Waals surface area contributed by atoms with Crippen LogP contribution in [-0.2, 0) is 11.2 Å². The summed E-state index contributed by atoms with van der Waals surface area (Å²) in [5.41, 5.74) is 1.75. The van der Waals surface area contributed by atoms with E-state index >= 15 is 0 Å². The van der Waals surface area contributed by atoms with Gasteiger partial charge in [0.1, 0.15) is 11.0 Å². The second-order valence-corrected chi connectivity index (χ2v) is 8.97. The Morgan fingerprint density at radius 3 is 2.58 bits per heavy atom. The number of carbonyl (C=O) groups excluding carboxylic acids is 2. The quantitative estimate of drug-likeness (QED) is 0.404. The van der Waals surface area contributed by atoms with Gasteiger partial charge in [-0.3, -0.25) is 14.9 Å². The third kappa shape index (κ3) is 5.55. The van der Waals surface area contributed by atoms with Gasteiger partial charge < -0.3 is 5.32 Å². The maximum absolute atomic E-state index is 13.0. The van der Waals surface area contributed by atoms with Gasteiger partial charge in [-0.15, -0.1) is 21.5 Å². The maximum atomic E-state index is 13.0. The molecule has 9 heteroatoms. The van der Waals surface area contributed by atoms with Crippen molar-refractivity contribution in [2.45, 2.75) is 12.5 Å². The predicted octanol–water partition coefficient (Wildman–Crippen LogP) is 4.90. The van der Waals surface area contributed by atoms with Gasteiger partial charge >= 0.3 is 0 Å². The van der Waals surface area contributed by atoms with Gasteiger partial charge in [0.05, 0.1) is 4.88 Å². The predicted molar refractivity (Wildman–Crippen MR) is 125 cm³/mol. The Kier molecular flexibility index (Phi) is 6.71. The molecular formula is C22H17ClN4O2S2. The fourth-order valence-corrected chi connectivity index (χ4v) is 4.46. The first-order valence-corrected chi connectivity index (χ1v) is 11.4. The summed E-state index contributed by atoms with van der Waals surface area (Å²) in [6.45, 7) is 0. The molecule has 0 aliphatic carbocycles. The Bertz CT molecular complexity index is 1180. The van der Waals surface area contributed by atoms with Gasteiger partial charge in [-0.2, -0.15) is 0 Å². The fourth-order valence-electron chi connectivity index (χ4n) is 2.90. The third-order valence-electron chi connectivity index (χ3n) is 4.38. The molecule has 156 valence electrons. The molecule has 2 aromatic heterocycles. The number of aromatic nitrogens is 2. The lowest BCUT2D eigenvalue weighted by atomic mass is 10.1. The van der Waals surface area contributed by atoms with Crippen molar-refractivity contribution in [2.75, 3.05) is 5.32 Å². The van der Waals surface area contributed by atoms with Crippen molar-refractivity contribution in [1.29, 1.82) is 0 Å². The van der Waals surface area contributed by atoms with E-state index in [2.05, 4.69) is 20.8 Å². The third-order valence-corrected chi connectivity index (χ3v) is 6.37. The highest BCUT2D eigenvalue weighted by molar-refractivity contribution is 7.18. The molecule has 0 bridgehead atoms. The van der Waals surface area contributed by atoms with Gasteiger partial charge in [-0.25, -0.2) is 0 Å². The van der Waals surface area contributed by atoms with Crippen LogP contribution in [0.5, 0.6) is 0 Å². The van der Waals surface area contributed by atoms with Crippen LogP contribution >= 0.6 is 34.3 Å². The molecule has 6 nitrogen and oxygen atoms in total. The minimum absolute atomic E-state index is 0.289. The molecule has 2 heterocycles. The summed E-state index contributed by atoms with van der Waals surface area (Å²) >= 11 is 8.60. The number of amides is 2. The van der Waals surface area contributed by atoms with Gasteiger partial charge in [-0.05, 0) is 29.1 Å². The Balaban J connectivity index is 1.50. The standard InChI is InChI=1S/C22H17ClN4O2S2/c23-16-9-4-8-15(13-16)21-26-27-22(31-21)25-19(28)17(12-14-6-2-1-3-7-14)24-20(29)18-10-5-11-30-18/h1-11,13,17H,12H2,(H,24,29)(H,25,27,28). The number of rotatable bonds is 7. The molecule has 0 saturated carbocycles. The Morgan fingerprint density at radius 2 is 1.84 bits per heavy atom. The molecule has 0 saturated heterocycles. The minimum Gasteiger partial charge on any atom is -0.339 e. The Hall–Kier alpha value is -3.07. The Labute approximate surface area is 191 Å². The van der Waals surface area contributed by atoms with Gasteiger partial charge in [0, 0.05) is 17.0 Å². The number of carbonyl (C=O) groups is 2. The fraction of sp³-hybridized carbons (Fsp3) is 0.0909. The smallest absolute Gasteiger partial charge is 0.262 e. The second kappa shape index (κ2) is 9.82. The number of nitrogens with zero attached hydrogens (tertiary/aromatic N) is 2. The molecule has 0 fully saturated rings. The van der Waals surface area contributed by atoms with E-state index < -0.39 is 6.04 Å². The molecule has 4 rings (SSSR count). The molecule has 2 aromatic carbocycles. The first kappa shape index (κ1) is 21.2. The summed E-state index contributed by atoms with van der Waals surface area (Å²) in [6.07, 6.45) is 0.351. The molecule has 31 heavy (non-hydrogen) atoms. The number of nitrogens with one attached hydrogen (secondary N) is 2. The number of anilines is 1. The van der Waals surface area contributed by atoms with Crippen LogP contribution in [0.1, 0.15) is 15.2 Å². The monoisotopic (exact) mass is 468 g/mol. The summed E-state index contributed by atoms with van der Waals surface area (Å²) in [4.78, 5) is 26.1. The lowest BCUT2D eigenvalue weighted by Crippen LogP contribution is -2.45. The topological polar surface area (TPSA) is 84.0 Å². The minimum atomic E-state index is -0.768. The van der Waals surface area contributed by atoms with Crippen LogP contribution in [-0.4, -0.2) is 28.1 Å². The van der Waals surface area contributed by atoms with Crippen molar-refractivity contribution in [2.24, 2.45) is 0 Å². The molecule has 0 aliphatic heterocycles. The molecule has 1 unspecified atom stereocenters. The van der Waals surface area contributed by atoms with Crippen molar-refractivity contribution in [3.8, 4) is 10.6 Å². The van der Waals surface area contributed by atoms with Crippen molar-refractivity contribution in [3.05, 3.63) is 87.6 Å². The summed E-state index contributed by atoms with van der Waals surface area (Å²) in [5.74, 6) is -0.648. The van der Waals surface area contributed by atoms with Crippen molar-refractivity contribution in [1.82, 2.24) is 15.5 Å². The summed E-state index contributed by atoms with van der Waals surface area (Å²) in [5, 5.41) is 17.2. The van der Waals surface area contributed by atoms with Crippen LogP contribution in [0.3, 0.4) is 0 Å². The number of benzene rings is 2. The van der Waals surface area contributed by atoms with Crippen molar-refractivity contribution >= 4 is 51.2 Å². The van der Waals surface area contributed by atoms with E-state index in [1.54, 1.807) is 24.3 Å². The summed E-state index contributed by atoms with van der Waals surface area (Å²) in [7, 11) is 0. The van der Waals surface area contributed by atoms with Gasteiger partial charge in [0.15, 0.2) is 0 Å². The van der Waals surface area contributed by atoms with E-state index in [1.165, 1.54) is 22.7 Å². The highest BCUT2D eigenvalue weighted by atomic mass is 35.5. The largest absolute Gasteiger partial charge is 0.339 e. The Morgan fingerprint density at radius 1 is 1.00 bits per heavy atom. The zero-order valence-corrected chi connectivity index (χ0v) is 18.5. The van der Waals surface area contributed by atoms with Crippen LogP contribution in [0.15, 0.2) is 72.1 Å². The summed E-state index contributed by atoms with van der Waals surface area (Å²) in [6, 6.07) is 19.5. The first-order chi connectivity index (χ1) is 15.1. The van der Waals surface area contributed by atoms with E-state index in [0.717, 1.165) is 11.1 Å². The first-order valence-electron chi connectivity index (χ1n) is 9.37. The van der Waals surface area contributed by atoms with Crippen molar-refractivity contribution in [3.63, 3.8) is 0 Å². The van der Waals surface area contributed by atoms with Crippen LogP contribution < -0.4 is 10.6 Å². The van der Waals surface area contributed by atoms with E-state index in [1.807, 2.05) is 47.8 Å². The molecule has 2 amide bonds. The van der Waals surface area contributed by atoms with Gasteiger partial charge in [0.2, 0.25) is 11.0 Å². The van der Waals surface area contributed by atoms with Gasteiger partial charge in [-0.1, -0.05) is 71.5 Å².